The summed E-state index contributed by atoms with van der Waals surface area (Å²) in [7, 11) is 3.48. The average Bonchev–Trinajstić information content (AvgIpc) is 0.898. The Morgan fingerprint density at radius 1 is 0.311 bits per heavy atom. The van der Waals surface area contributed by atoms with E-state index in [1.165, 1.54) is 83.5 Å². The van der Waals surface area contributed by atoms with Gasteiger partial charge in [0.25, 0.3) is 0 Å². The number of carbonyl (C=O) groups is 7. The Bertz CT molecular complexity index is 2230. The first-order valence-electron chi connectivity index (χ1n) is 53.5. The van der Waals surface area contributed by atoms with Crippen LogP contribution >= 0.6 is 0 Å². The van der Waals surface area contributed by atoms with E-state index in [0.717, 1.165) is 123 Å². The number of primary amides is 1. The molecule has 6 amide bonds. The van der Waals surface area contributed by atoms with Gasteiger partial charge in [-0.05, 0) is 232 Å². The van der Waals surface area contributed by atoms with Crippen molar-refractivity contribution in [3.63, 3.8) is 0 Å². The summed E-state index contributed by atoms with van der Waals surface area (Å²) in [6, 6.07) is -0.493. The summed E-state index contributed by atoms with van der Waals surface area (Å²) >= 11 is 0. The minimum atomic E-state index is -1.14. The molecule has 22 heteroatoms. The van der Waals surface area contributed by atoms with Crippen molar-refractivity contribution >= 4 is 41.6 Å². The first kappa shape index (κ1) is 170. The third-order valence-electron chi connectivity index (χ3n) is 19.4. The minimum absolute atomic E-state index is 0. The van der Waals surface area contributed by atoms with E-state index in [0.29, 0.717) is 67.7 Å². The van der Waals surface area contributed by atoms with Crippen LogP contribution in [0.1, 0.15) is 501 Å². The van der Waals surface area contributed by atoms with Crippen LogP contribution in [0, 0.1) is 107 Å². The summed E-state index contributed by atoms with van der Waals surface area (Å²) in [4.78, 5) is 75.9. The summed E-state index contributed by atoms with van der Waals surface area (Å²) in [5.41, 5.74) is 21.3. The van der Waals surface area contributed by atoms with Crippen molar-refractivity contribution in [2.24, 2.45) is 129 Å². The molecule has 0 aliphatic rings. The lowest BCUT2D eigenvalue weighted by Gasteiger charge is -2.20. The molecule has 10 atom stereocenters. The predicted molar refractivity (Wildman–Crippen MR) is 599 cm³/mol. The highest BCUT2D eigenvalue weighted by atomic mass is 16.5. The van der Waals surface area contributed by atoms with Crippen molar-refractivity contribution in [3.8, 4) is 0 Å². The highest BCUT2D eigenvalue weighted by molar-refractivity contribution is 5.88. The maximum atomic E-state index is 11.8. The van der Waals surface area contributed by atoms with Crippen LogP contribution in [0.15, 0.2) is 0 Å². The number of aliphatic carboxylic acids is 2. The van der Waals surface area contributed by atoms with Crippen molar-refractivity contribution in [1.82, 2.24) is 26.6 Å². The molecule has 135 heavy (non-hydrogen) atoms. The number of ether oxygens (including phenoxy) is 2. The van der Waals surface area contributed by atoms with Crippen LogP contribution in [0.4, 0.5) is 4.79 Å². The van der Waals surface area contributed by atoms with Gasteiger partial charge in [-0.15, -0.1) is 0 Å². The zero-order valence-electron chi connectivity index (χ0n) is 99.5. The smallest absolute Gasteiger partial charge is 0.320 e. The molecule has 0 heterocycles. The molecule has 0 aliphatic heterocycles. The van der Waals surface area contributed by atoms with Gasteiger partial charge in [0.15, 0.2) is 0 Å². The number of methoxy groups -OCH3 is 2. The van der Waals surface area contributed by atoms with Crippen LogP contribution in [-0.2, 0) is 38.2 Å². The monoisotopic (exact) mass is 1950 g/mol. The second-order valence-corrected chi connectivity index (χ2v) is 43.7. The van der Waals surface area contributed by atoms with E-state index in [2.05, 4.69) is 262 Å². The summed E-state index contributed by atoms with van der Waals surface area (Å²) in [6.45, 7) is 106. The van der Waals surface area contributed by atoms with E-state index in [9.17, 15) is 38.7 Å². The molecule has 0 radical (unpaired) electrons. The van der Waals surface area contributed by atoms with Gasteiger partial charge < -0.3 is 79.4 Å². The van der Waals surface area contributed by atoms with Gasteiger partial charge in [0.1, 0.15) is 12.1 Å². The molecule has 0 fully saturated rings. The fourth-order valence-electron chi connectivity index (χ4n) is 11.0. The Balaban J connectivity index is -0.0000000744. The second kappa shape index (κ2) is 124. The number of carbonyl (C=O) groups excluding carboxylic acids is 5. The van der Waals surface area contributed by atoms with Crippen LogP contribution in [-0.4, -0.2) is 151 Å². The lowest BCUT2D eigenvalue weighted by molar-refractivity contribution is -0.143. The van der Waals surface area contributed by atoms with Crippen LogP contribution < -0.4 is 49.5 Å². The number of aliphatic hydroxyl groups excluding tert-OH is 2. The highest BCUT2D eigenvalue weighted by Gasteiger charge is 2.23. The first-order valence-corrected chi connectivity index (χ1v) is 53.5. The maximum Gasteiger partial charge on any atom is 0.320 e. The zero-order chi connectivity index (χ0) is 110. The number of nitrogens with one attached hydrogen (secondary N) is 5. The molecule has 0 rings (SSSR count). The van der Waals surface area contributed by atoms with Crippen LogP contribution in [0.2, 0.25) is 0 Å². The van der Waals surface area contributed by atoms with Crippen molar-refractivity contribution in [3.05, 3.63) is 0 Å². The molecule has 830 valence electrons. The molecular weight excluding hydrogens is 1690 g/mol. The molecule has 0 saturated carbocycles. The number of hydrogen-bond acceptors (Lipinski definition) is 14. The van der Waals surface area contributed by atoms with Crippen LogP contribution in [0.3, 0.4) is 0 Å². The number of urea groups is 1. The lowest BCUT2D eigenvalue weighted by atomic mass is 9.94. The lowest BCUT2D eigenvalue weighted by Crippen LogP contribution is -2.47. The largest absolute Gasteiger partial charge is 0.481 e. The number of aliphatic hydroxyl groups is 2. The second-order valence-electron chi connectivity index (χ2n) is 43.7. The Labute approximate surface area is 845 Å². The van der Waals surface area contributed by atoms with Gasteiger partial charge in [-0.3, -0.25) is 28.8 Å². The van der Waals surface area contributed by atoms with Gasteiger partial charge in [0, 0.05) is 84.5 Å². The summed E-state index contributed by atoms with van der Waals surface area (Å²) < 4.78 is 9.71. The Morgan fingerprint density at radius 3 is 0.785 bits per heavy atom. The Kier molecular flexibility index (Phi) is 156. The average molecular weight is 1950 g/mol. The molecule has 22 nitrogen and oxygen atoms in total. The maximum absolute atomic E-state index is 11.8. The van der Waals surface area contributed by atoms with E-state index in [1.807, 2.05) is 83.1 Å². The topological polar surface area (TPSA) is 383 Å². The number of carboxylic acid groups (broad SMARTS) is 2. The fourth-order valence-corrected chi connectivity index (χ4v) is 11.0. The van der Waals surface area contributed by atoms with Crippen molar-refractivity contribution in [2.45, 2.75) is 555 Å². The van der Waals surface area contributed by atoms with Crippen LogP contribution in [0.25, 0.3) is 0 Å². The van der Waals surface area contributed by atoms with E-state index in [-0.39, 0.29) is 67.7 Å². The quantitative estimate of drug-likeness (QED) is 0.0269. The molecule has 0 aromatic rings. The zero-order valence-corrected chi connectivity index (χ0v) is 99.5. The number of rotatable bonds is 47. The number of amides is 6. The fraction of sp³-hybridized carbons (Fsp3) is 0.938. The minimum Gasteiger partial charge on any atom is -0.481 e. The molecule has 0 bridgehead atoms. The third kappa shape index (κ3) is 213. The third-order valence-corrected chi connectivity index (χ3v) is 19.4. The highest BCUT2D eigenvalue weighted by Crippen LogP contribution is 2.16. The Hall–Kier alpha value is -4.19. The molecule has 0 aliphatic carbocycles. The first-order chi connectivity index (χ1) is 61.3. The van der Waals surface area contributed by atoms with Crippen molar-refractivity contribution < 1.29 is 63.5 Å². The number of nitrogens with two attached hydrogens (primary N) is 4. The molecule has 10 unspecified atom stereocenters. The SMILES string of the molecule is C.CC(=O)NC(C)CC(C)C.CC(=O)NC(C)CCC(C)C.CC(C)C(C)C.CC(C)CC(C)N.CC(C)CC(C)NC(N)=O.CC(C)CCC(C)N.CCC(C(=O)O)C(C)C.CCC(C)C.CCC(O)C(O)CC(C)C.CCCC(C)C.CCCC(C)C.CCCC(C)C.CCCC(C)C.CCNC(=O)C(CC(C)C)NC(=O)CCC(N)C(=O)O.COCCC(C)C.COCCC(C)C. The van der Waals surface area contributed by atoms with Gasteiger partial charge in [0.05, 0.1) is 18.1 Å². The molecule has 17 N–H and O–H groups in total. The molecule has 0 aromatic heterocycles. The molecule has 0 saturated heterocycles. The summed E-state index contributed by atoms with van der Waals surface area (Å²) in [5.74, 6) is 9.81. The van der Waals surface area contributed by atoms with Crippen molar-refractivity contribution in [1.29, 1.82) is 0 Å². The Morgan fingerprint density at radius 2 is 0.615 bits per heavy atom. The number of carboxylic acids is 2. The number of likely N-dealkylation sites (N-methyl/N-ethyl adjacent to an activating group) is 1. The van der Waals surface area contributed by atoms with E-state index in [4.69, 9.17) is 47.7 Å². The molecular formula is C113H255N9O13. The van der Waals surface area contributed by atoms with Gasteiger partial charge in [-0.1, -0.05) is 349 Å². The van der Waals surface area contributed by atoms with Gasteiger partial charge >= 0.3 is 18.0 Å². The van der Waals surface area contributed by atoms with E-state index < -0.39 is 42.3 Å². The normalized spacial score (nSPS) is 12.6. The van der Waals surface area contributed by atoms with Crippen LogP contribution in [0.5, 0.6) is 0 Å². The van der Waals surface area contributed by atoms with E-state index >= 15 is 0 Å². The standard InChI is InChI=1S/C13H25N3O4.C9H19NO.C8H17NO.C8H18O2.C7H16N2O.C7H17N.C7H14O2.C6H15N.2C6H14O.5C6H14.C5H12.CH4/c1-4-15-12(18)10(7-8(2)3)16-11(17)6-5-9(14)13(19)20;1-7(2)5-6-8(3)10-9(4)11;1-6(2)5-7(3)9-8(4)10;1-4-7(9)8(10)5-6(2)3;1-5(2)4-6(3)9-7(8)10;1-6(2)4-5-7(3)8;1-4-6(5(2)3)7(8)9;1-5(2)4-6(3)7;2*1-6(2)4-5-7-3;1-5(2)6(3)4;4*1-4-5-6(2)3;1-4-5(2)3;/h8-10H,4-7,14H2,1-3H3,(H,15,18)(H,16,17)(H,19,20);7-8H,5-6H2,1-4H3,(H,10,11);6-7H,5H2,1-4H3,(H,9,10);6-10H,4-5H2,1-3H3;5-6H,4H2,1-3H3,(H3,8,9,10);6-7H,4-5,8H2,1-3H3;5-6H,4H2,1-3H3,(H,8,9);5-6H,4,7H2,1-3H3;2*6H,4-5H2,1-3H3;5-6H,1-4H3;4*6H,4-5H2,1-3H3;5H,4H2,1-3H3;1H4. The van der Waals surface area contributed by atoms with Gasteiger partial charge in [-0.2, -0.15) is 0 Å². The van der Waals surface area contributed by atoms with Gasteiger partial charge in [-0.25, -0.2) is 4.79 Å². The van der Waals surface area contributed by atoms with E-state index in [1.54, 1.807) is 35.0 Å². The number of hydrogen-bond donors (Lipinski definition) is 13. The summed E-state index contributed by atoms with van der Waals surface area (Å²) in [5, 5.41) is 49.1. The predicted octanol–water partition coefficient (Wildman–Crippen LogP) is 28.6. The van der Waals surface area contributed by atoms with Crippen molar-refractivity contribution in [2.75, 3.05) is 34.0 Å². The molecule has 0 aromatic carbocycles. The molecule has 0 spiro atoms. The summed E-state index contributed by atoms with van der Waals surface area (Å²) in [6.07, 6.45) is 23.9. The van der Waals surface area contributed by atoms with Gasteiger partial charge in [0.2, 0.25) is 23.6 Å².